The second kappa shape index (κ2) is 4.81. The van der Waals surface area contributed by atoms with Crippen molar-refractivity contribution < 1.29 is 13.5 Å². The lowest BCUT2D eigenvalue weighted by molar-refractivity contribution is 0.411. The molecule has 0 fully saturated rings. The fourth-order valence-corrected chi connectivity index (χ4v) is 2.07. The second-order valence-corrected chi connectivity index (χ2v) is 4.39. The second-order valence-electron chi connectivity index (χ2n) is 4.39. The highest BCUT2D eigenvalue weighted by Gasteiger charge is 2.14. The maximum absolute atomic E-state index is 13.8. The monoisotopic (exact) mass is 271 g/mol. The Hall–Kier alpha value is -2.62. The highest BCUT2D eigenvalue weighted by Crippen LogP contribution is 2.33. The number of halogens is 2. The number of hydrogen-bond donors (Lipinski definition) is 1. The van der Waals surface area contributed by atoms with Crippen molar-refractivity contribution in [1.29, 1.82) is 0 Å². The lowest BCUT2D eigenvalue weighted by Crippen LogP contribution is -1.96. The Labute approximate surface area is 114 Å². The predicted octanol–water partition coefficient (Wildman–Crippen LogP) is 4.49. The highest BCUT2D eigenvalue weighted by molar-refractivity contribution is 5.88. The first-order valence-electron chi connectivity index (χ1n) is 6.05. The van der Waals surface area contributed by atoms with Gasteiger partial charge in [0.15, 0.2) is 17.4 Å². The molecule has 0 aliphatic carbocycles. The molecule has 0 spiro atoms. The standard InChI is InChI=1S/C16H11F2NO/c17-13-8-11(19)9-14(18)16(13)20-15-7-3-5-10-4-1-2-6-12(10)15/h1-9H,19H2. The highest BCUT2D eigenvalue weighted by atomic mass is 19.1. The van der Waals surface area contributed by atoms with Crippen molar-refractivity contribution in [2.45, 2.75) is 0 Å². The molecule has 3 aromatic rings. The lowest BCUT2D eigenvalue weighted by Gasteiger charge is -2.11. The molecule has 0 aliphatic rings. The van der Waals surface area contributed by atoms with Crippen LogP contribution in [0.15, 0.2) is 54.6 Å². The molecular formula is C16H11F2NO. The Morgan fingerprint density at radius 3 is 2.25 bits per heavy atom. The van der Waals surface area contributed by atoms with Crippen molar-refractivity contribution >= 4 is 16.5 Å². The molecule has 100 valence electrons. The summed E-state index contributed by atoms with van der Waals surface area (Å²) in [4.78, 5) is 0. The first kappa shape index (κ1) is 12.4. The number of ether oxygens (including phenoxy) is 1. The van der Waals surface area contributed by atoms with Gasteiger partial charge in [0.1, 0.15) is 5.75 Å². The van der Waals surface area contributed by atoms with E-state index < -0.39 is 17.4 Å². The molecule has 0 unspecified atom stereocenters. The molecule has 3 rings (SSSR count). The van der Waals surface area contributed by atoms with E-state index in [1.54, 1.807) is 12.1 Å². The molecule has 0 aliphatic heterocycles. The predicted molar refractivity (Wildman–Crippen MR) is 74.8 cm³/mol. The largest absolute Gasteiger partial charge is 0.451 e. The van der Waals surface area contributed by atoms with Crippen LogP contribution in [0.1, 0.15) is 0 Å². The van der Waals surface area contributed by atoms with Gasteiger partial charge in [-0.05, 0) is 11.5 Å². The van der Waals surface area contributed by atoms with E-state index in [0.717, 1.165) is 22.9 Å². The van der Waals surface area contributed by atoms with Gasteiger partial charge in [0, 0.05) is 23.2 Å². The van der Waals surface area contributed by atoms with Gasteiger partial charge < -0.3 is 10.5 Å². The van der Waals surface area contributed by atoms with Crippen molar-refractivity contribution in [3.05, 3.63) is 66.2 Å². The van der Waals surface area contributed by atoms with E-state index in [2.05, 4.69) is 0 Å². The van der Waals surface area contributed by atoms with Gasteiger partial charge in [-0.1, -0.05) is 36.4 Å². The average Bonchev–Trinajstić information content (AvgIpc) is 2.43. The van der Waals surface area contributed by atoms with Crippen LogP contribution in [0.2, 0.25) is 0 Å². The molecule has 0 aromatic heterocycles. The van der Waals surface area contributed by atoms with Gasteiger partial charge in [-0.3, -0.25) is 0 Å². The molecule has 0 atom stereocenters. The number of benzene rings is 3. The zero-order chi connectivity index (χ0) is 14.1. The number of fused-ring (bicyclic) bond motifs is 1. The molecule has 0 radical (unpaired) electrons. The molecule has 4 heteroatoms. The summed E-state index contributed by atoms with van der Waals surface area (Å²) in [5.41, 5.74) is 5.40. The Bertz CT molecular complexity index is 758. The zero-order valence-corrected chi connectivity index (χ0v) is 10.4. The Kier molecular flexibility index (Phi) is 2.99. The Balaban J connectivity index is 2.10. The fourth-order valence-electron chi connectivity index (χ4n) is 2.07. The lowest BCUT2D eigenvalue weighted by atomic mass is 10.1. The van der Waals surface area contributed by atoms with Gasteiger partial charge >= 0.3 is 0 Å². The van der Waals surface area contributed by atoms with Crippen LogP contribution in [0.25, 0.3) is 10.8 Å². The van der Waals surface area contributed by atoms with E-state index in [-0.39, 0.29) is 5.69 Å². The molecule has 20 heavy (non-hydrogen) atoms. The van der Waals surface area contributed by atoms with Crippen LogP contribution < -0.4 is 10.5 Å². The van der Waals surface area contributed by atoms with Crippen LogP contribution in [0.4, 0.5) is 14.5 Å². The third-order valence-corrected chi connectivity index (χ3v) is 2.98. The van der Waals surface area contributed by atoms with Crippen LogP contribution >= 0.6 is 0 Å². The molecule has 0 amide bonds. The van der Waals surface area contributed by atoms with Crippen LogP contribution in [0.3, 0.4) is 0 Å². The van der Waals surface area contributed by atoms with Crippen molar-refractivity contribution in [2.24, 2.45) is 0 Å². The van der Waals surface area contributed by atoms with Gasteiger partial charge in [0.05, 0.1) is 0 Å². The smallest absolute Gasteiger partial charge is 0.198 e. The van der Waals surface area contributed by atoms with Gasteiger partial charge in [0.2, 0.25) is 0 Å². The average molecular weight is 271 g/mol. The summed E-state index contributed by atoms with van der Waals surface area (Å²) in [6.07, 6.45) is 0. The van der Waals surface area contributed by atoms with E-state index in [1.807, 2.05) is 30.3 Å². The quantitative estimate of drug-likeness (QED) is 0.697. The van der Waals surface area contributed by atoms with Gasteiger partial charge in [-0.2, -0.15) is 0 Å². The molecule has 2 nitrogen and oxygen atoms in total. The summed E-state index contributed by atoms with van der Waals surface area (Å²) >= 11 is 0. The topological polar surface area (TPSA) is 35.2 Å². The number of nitrogen functional groups attached to an aromatic ring is 1. The van der Waals surface area contributed by atoms with E-state index >= 15 is 0 Å². The van der Waals surface area contributed by atoms with Gasteiger partial charge in [-0.25, -0.2) is 8.78 Å². The van der Waals surface area contributed by atoms with Gasteiger partial charge in [0.25, 0.3) is 0 Å². The van der Waals surface area contributed by atoms with Crippen LogP contribution in [0.5, 0.6) is 11.5 Å². The molecule has 0 bridgehead atoms. The van der Waals surface area contributed by atoms with Crippen molar-refractivity contribution in [1.82, 2.24) is 0 Å². The molecule has 3 aromatic carbocycles. The molecule has 0 saturated carbocycles. The minimum absolute atomic E-state index is 0.0188. The molecular weight excluding hydrogens is 260 g/mol. The zero-order valence-electron chi connectivity index (χ0n) is 10.4. The minimum Gasteiger partial charge on any atom is -0.451 e. The maximum atomic E-state index is 13.8. The number of rotatable bonds is 2. The van der Waals surface area contributed by atoms with Crippen LogP contribution in [-0.2, 0) is 0 Å². The Morgan fingerprint density at radius 1 is 0.850 bits per heavy atom. The summed E-state index contributed by atoms with van der Waals surface area (Å²) in [6, 6.07) is 14.9. The number of anilines is 1. The first-order chi connectivity index (χ1) is 9.65. The number of hydrogen-bond acceptors (Lipinski definition) is 2. The SMILES string of the molecule is Nc1cc(F)c(Oc2cccc3ccccc23)c(F)c1. The minimum atomic E-state index is -0.824. The molecule has 0 saturated heterocycles. The Morgan fingerprint density at radius 2 is 1.50 bits per heavy atom. The van der Waals surface area contributed by atoms with Gasteiger partial charge in [-0.15, -0.1) is 0 Å². The fraction of sp³-hybridized carbons (Fsp3) is 0. The summed E-state index contributed by atoms with van der Waals surface area (Å²) < 4.78 is 32.9. The molecule has 0 heterocycles. The first-order valence-corrected chi connectivity index (χ1v) is 6.05. The summed E-state index contributed by atoms with van der Waals surface area (Å²) in [5.74, 6) is -1.70. The third-order valence-electron chi connectivity index (χ3n) is 2.98. The number of nitrogens with two attached hydrogens (primary N) is 1. The summed E-state index contributed by atoms with van der Waals surface area (Å²) in [7, 11) is 0. The van der Waals surface area contributed by atoms with Crippen molar-refractivity contribution in [2.75, 3.05) is 5.73 Å². The van der Waals surface area contributed by atoms with E-state index in [1.165, 1.54) is 0 Å². The van der Waals surface area contributed by atoms with Crippen molar-refractivity contribution in [3.8, 4) is 11.5 Å². The summed E-state index contributed by atoms with van der Waals surface area (Å²) in [6.45, 7) is 0. The maximum Gasteiger partial charge on any atom is 0.198 e. The van der Waals surface area contributed by atoms with E-state index in [4.69, 9.17) is 10.5 Å². The van der Waals surface area contributed by atoms with E-state index in [9.17, 15) is 8.78 Å². The van der Waals surface area contributed by atoms with Crippen molar-refractivity contribution in [3.63, 3.8) is 0 Å². The summed E-state index contributed by atoms with van der Waals surface area (Å²) in [5, 5.41) is 1.71. The van der Waals surface area contributed by atoms with Crippen LogP contribution in [-0.4, -0.2) is 0 Å². The van der Waals surface area contributed by atoms with E-state index in [0.29, 0.717) is 5.75 Å². The molecule has 2 N–H and O–H groups in total. The van der Waals surface area contributed by atoms with Crippen LogP contribution in [0, 0.1) is 11.6 Å². The normalized spacial score (nSPS) is 10.7. The third kappa shape index (κ3) is 2.16.